The van der Waals surface area contributed by atoms with Gasteiger partial charge in [-0.3, -0.25) is 0 Å². The number of hydrogen-bond donors (Lipinski definition) is 0. The van der Waals surface area contributed by atoms with Gasteiger partial charge in [0.05, 0.1) is 0 Å². The van der Waals surface area contributed by atoms with Crippen LogP contribution < -0.4 is 4.90 Å². The first-order chi connectivity index (χ1) is 10.3. The number of aldehydes is 1. The lowest BCUT2D eigenvalue weighted by Crippen LogP contribution is -2.21. The maximum atomic E-state index is 10.3. The molecule has 0 saturated heterocycles. The van der Waals surface area contributed by atoms with Gasteiger partial charge in [-0.2, -0.15) is 0 Å². The molecule has 21 heavy (non-hydrogen) atoms. The number of nitrogens with zero attached hydrogens (tertiary/aromatic N) is 1. The molecular weight excluding hydrogens is 258 g/mol. The van der Waals surface area contributed by atoms with Gasteiger partial charge in [-0.25, -0.2) is 0 Å². The first kappa shape index (κ1) is 15.3. The predicted molar refractivity (Wildman–Crippen MR) is 88.6 cm³/mol. The topological polar surface area (TPSA) is 20.3 Å². The van der Waals surface area contributed by atoms with Crippen molar-refractivity contribution in [2.24, 2.45) is 0 Å². The maximum absolute atomic E-state index is 10.3. The van der Waals surface area contributed by atoms with Crippen LogP contribution in [-0.2, 0) is 17.8 Å². The lowest BCUT2D eigenvalue weighted by molar-refractivity contribution is -0.107. The molecule has 0 unspecified atom stereocenters. The van der Waals surface area contributed by atoms with Crippen LogP contribution in [0.5, 0.6) is 0 Å². The molecule has 0 saturated carbocycles. The minimum atomic E-state index is 0.650. The summed E-state index contributed by atoms with van der Waals surface area (Å²) in [6.07, 6.45) is 3.55. The maximum Gasteiger partial charge on any atom is 0.120 e. The second kappa shape index (κ2) is 8.25. The second-order valence-electron chi connectivity index (χ2n) is 5.23. The molecule has 0 N–H and O–H groups in total. The molecule has 2 rings (SSSR count). The molecule has 0 heterocycles. The Balaban J connectivity index is 1.99. The van der Waals surface area contributed by atoms with Gasteiger partial charge in [0, 0.05) is 25.2 Å². The Morgan fingerprint density at radius 3 is 2.29 bits per heavy atom. The van der Waals surface area contributed by atoms with E-state index >= 15 is 0 Å². The fourth-order valence-corrected chi connectivity index (χ4v) is 2.45. The highest BCUT2D eigenvalue weighted by Crippen LogP contribution is 2.18. The molecule has 0 aromatic heterocycles. The molecule has 2 nitrogen and oxygen atoms in total. The molecule has 0 atom stereocenters. The molecule has 2 aromatic rings. The van der Waals surface area contributed by atoms with E-state index in [1.165, 1.54) is 16.8 Å². The van der Waals surface area contributed by atoms with Crippen molar-refractivity contribution >= 4 is 12.0 Å². The van der Waals surface area contributed by atoms with E-state index in [9.17, 15) is 4.79 Å². The van der Waals surface area contributed by atoms with Crippen molar-refractivity contribution in [3.8, 4) is 0 Å². The van der Waals surface area contributed by atoms with E-state index in [1.807, 2.05) is 6.07 Å². The standard InChI is InChI=1S/C19H23NO/c1-2-20(16-18-9-4-3-5-10-18)19-13-11-17(12-14-19)8-6-7-15-21/h3-5,9-15H,2,6-8,16H2,1H3. The summed E-state index contributed by atoms with van der Waals surface area (Å²) in [7, 11) is 0. The highest BCUT2D eigenvalue weighted by Gasteiger charge is 2.05. The summed E-state index contributed by atoms with van der Waals surface area (Å²) in [5.74, 6) is 0. The molecule has 2 aromatic carbocycles. The zero-order chi connectivity index (χ0) is 14.9. The fourth-order valence-electron chi connectivity index (χ4n) is 2.45. The van der Waals surface area contributed by atoms with Crippen LogP contribution in [0.3, 0.4) is 0 Å². The van der Waals surface area contributed by atoms with Gasteiger partial charge in [-0.05, 0) is 43.0 Å². The van der Waals surface area contributed by atoms with Crippen molar-refractivity contribution in [1.29, 1.82) is 0 Å². The SMILES string of the molecule is CCN(Cc1ccccc1)c1ccc(CCCC=O)cc1. The third-order valence-corrected chi connectivity index (χ3v) is 3.69. The van der Waals surface area contributed by atoms with Gasteiger partial charge < -0.3 is 9.69 Å². The summed E-state index contributed by atoms with van der Waals surface area (Å²) in [6.45, 7) is 4.10. The summed E-state index contributed by atoms with van der Waals surface area (Å²) in [5, 5.41) is 0. The number of benzene rings is 2. The van der Waals surface area contributed by atoms with E-state index in [-0.39, 0.29) is 0 Å². The van der Waals surface area contributed by atoms with Crippen LogP contribution in [0.15, 0.2) is 54.6 Å². The van der Waals surface area contributed by atoms with Crippen LogP contribution in [0.1, 0.15) is 30.9 Å². The van der Waals surface area contributed by atoms with Gasteiger partial charge in [-0.15, -0.1) is 0 Å². The molecule has 0 aliphatic rings. The number of unbranched alkanes of at least 4 members (excludes halogenated alkanes) is 1. The molecule has 0 aliphatic carbocycles. The summed E-state index contributed by atoms with van der Waals surface area (Å²) in [6, 6.07) is 19.3. The van der Waals surface area contributed by atoms with Crippen LogP contribution in [0.2, 0.25) is 0 Å². The normalized spacial score (nSPS) is 10.3. The lowest BCUT2D eigenvalue weighted by Gasteiger charge is -2.23. The Labute approximate surface area is 127 Å². The molecule has 0 bridgehead atoms. The Hall–Kier alpha value is -2.09. The lowest BCUT2D eigenvalue weighted by atomic mass is 10.1. The molecule has 110 valence electrons. The largest absolute Gasteiger partial charge is 0.367 e. The number of carbonyl (C=O) groups is 1. The van der Waals surface area contributed by atoms with E-state index in [0.717, 1.165) is 32.2 Å². The summed E-state index contributed by atoms with van der Waals surface area (Å²) >= 11 is 0. The third kappa shape index (κ3) is 4.75. The smallest absolute Gasteiger partial charge is 0.120 e. The summed E-state index contributed by atoms with van der Waals surface area (Å²) in [5.41, 5.74) is 3.88. The third-order valence-electron chi connectivity index (χ3n) is 3.69. The minimum Gasteiger partial charge on any atom is -0.367 e. The van der Waals surface area contributed by atoms with E-state index in [2.05, 4.69) is 60.4 Å². The Bertz CT molecular complexity index is 533. The first-order valence-corrected chi connectivity index (χ1v) is 7.65. The minimum absolute atomic E-state index is 0.650. The molecule has 0 fully saturated rings. The van der Waals surface area contributed by atoms with E-state index in [1.54, 1.807) is 0 Å². The zero-order valence-corrected chi connectivity index (χ0v) is 12.7. The van der Waals surface area contributed by atoms with Gasteiger partial charge in [0.1, 0.15) is 6.29 Å². The molecule has 2 heteroatoms. The quantitative estimate of drug-likeness (QED) is 0.533. The van der Waals surface area contributed by atoms with Crippen LogP contribution in [0, 0.1) is 0 Å². The number of hydrogen-bond acceptors (Lipinski definition) is 2. The van der Waals surface area contributed by atoms with Gasteiger partial charge in [-0.1, -0.05) is 42.5 Å². The highest BCUT2D eigenvalue weighted by molar-refractivity contribution is 5.50. The van der Waals surface area contributed by atoms with Crippen LogP contribution in [0.25, 0.3) is 0 Å². The Morgan fingerprint density at radius 1 is 0.952 bits per heavy atom. The zero-order valence-electron chi connectivity index (χ0n) is 12.7. The average Bonchev–Trinajstić information content (AvgIpc) is 2.55. The van der Waals surface area contributed by atoms with Crippen molar-refractivity contribution < 1.29 is 4.79 Å². The van der Waals surface area contributed by atoms with Crippen LogP contribution in [-0.4, -0.2) is 12.8 Å². The molecule has 0 spiro atoms. The predicted octanol–water partition coefficient (Wildman–Crippen LogP) is 4.23. The van der Waals surface area contributed by atoms with Crippen molar-refractivity contribution in [2.75, 3.05) is 11.4 Å². The van der Waals surface area contributed by atoms with Crippen molar-refractivity contribution in [1.82, 2.24) is 0 Å². The van der Waals surface area contributed by atoms with E-state index < -0.39 is 0 Å². The van der Waals surface area contributed by atoms with Crippen molar-refractivity contribution in [2.45, 2.75) is 32.7 Å². The second-order valence-corrected chi connectivity index (χ2v) is 5.23. The Morgan fingerprint density at radius 2 is 1.67 bits per heavy atom. The van der Waals surface area contributed by atoms with E-state index in [4.69, 9.17) is 0 Å². The van der Waals surface area contributed by atoms with Gasteiger partial charge in [0.25, 0.3) is 0 Å². The summed E-state index contributed by atoms with van der Waals surface area (Å²) < 4.78 is 0. The monoisotopic (exact) mass is 281 g/mol. The van der Waals surface area contributed by atoms with Crippen LogP contribution >= 0.6 is 0 Å². The highest BCUT2D eigenvalue weighted by atomic mass is 16.1. The summed E-state index contributed by atoms with van der Waals surface area (Å²) in [4.78, 5) is 12.7. The number of carbonyl (C=O) groups excluding carboxylic acids is 1. The van der Waals surface area contributed by atoms with E-state index in [0.29, 0.717) is 6.42 Å². The van der Waals surface area contributed by atoms with Gasteiger partial charge in [0.2, 0.25) is 0 Å². The van der Waals surface area contributed by atoms with Gasteiger partial charge in [0.15, 0.2) is 0 Å². The Kier molecular flexibility index (Phi) is 6.01. The fraction of sp³-hybridized carbons (Fsp3) is 0.316. The number of aryl methyl sites for hydroxylation is 1. The number of anilines is 1. The first-order valence-electron chi connectivity index (χ1n) is 7.65. The average molecular weight is 281 g/mol. The molecular formula is C19H23NO. The molecule has 0 radical (unpaired) electrons. The van der Waals surface area contributed by atoms with Crippen molar-refractivity contribution in [3.05, 3.63) is 65.7 Å². The van der Waals surface area contributed by atoms with Crippen LogP contribution in [0.4, 0.5) is 5.69 Å². The molecule has 0 aliphatic heterocycles. The number of rotatable bonds is 8. The van der Waals surface area contributed by atoms with Crippen molar-refractivity contribution in [3.63, 3.8) is 0 Å². The molecule has 0 amide bonds. The van der Waals surface area contributed by atoms with Gasteiger partial charge >= 0.3 is 0 Å².